The number of aryl methyl sites for hydroxylation is 1. The number of nitrogens with one attached hydrogen (secondary N) is 1. The van der Waals surface area contributed by atoms with Crippen LogP contribution in [-0.2, 0) is 6.42 Å². The van der Waals surface area contributed by atoms with Crippen LogP contribution >= 0.6 is 0 Å². The minimum absolute atomic E-state index is 0.359. The Morgan fingerprint density at radius 2 is 1.72 bits per heavy atom. The van der Waals surface area contributed by atoms with Gasteiger partial charge in [0.15, 0.2) is 0 Å². The monoisotopic (exact) mass is 341 g/mol. The van der Waals surface area contributed by atoms with Gasteiger partial charge in [0.05, 0.1) is 26.2 Å². The molecule has 0 aromatic heterocycles. The average Bonchev–Trinajstić information content (AvgIpc) is 2.68. The number of benzene rings is 2. The van der Waals surface area contributed by atoms with Gasteiger partial charge in [0.1, 0.15) is 25.0 Å². The van der Waals surface area contributed by atoms with Gasteiger partial charge >= 0.3 is 0 Å². The van der Waals surface area contributed by atoms with Gasteiger partial charge in [-0.1, -0.05) is 37.3 Å². The van der Waals surface area contributed by atoms with E-state index in [9.17, 15) is 5.11 Å². The maximum Gasteiger partial charge on any atom is 0.137 e. The van der Waals surface area contributed by atoms with E-state index < -0.39 is 6.10 Å². The van der Waals surface area contributed by atoms with Crippen LogP contribution in [0.25, 0.3) is 0 Å². The number of aliphatic hydroxyl groups is 1. The topological polar surface area (TPSA) is 37.1 Å². The smallest absolute Gasteiger partial charge is 0.137 e. The van der Waals surface area contributed by atoms with Crippen LogP contribution in [0.1, 0.15) is 12.5 Å². The highest BCUT2D eigenvalue weighted by molar-refractivity contribution is 5.46. The number of ether oxygens (including phenoxy) is 1. The molecule has 1 heterocycles. The fourth-order valence-corrected chi connectivity index (χ4v) is 3.33. The van der Waals surface area contributed by atoms with Gasteiger partial charge in [-0.05, 0) is 36.2 Å². The summed E-state index contributed by atoms with van der Waals surface area (Å²) in [4.78, 5) is 3.87. The van der Waals surface area contributed by atoms with E-state index in [1.807, 2.05) is 12.1 Å². The molecule has 1 saturated heterocycles. The number of nitrogens with zero attached hydrogens (tertiary/aromatic N) is 1. The van der Waals surface area contributed by atoms with Crippen LogP contribution in [0.3, 0.4) is 0 Å². The van der Waals surface area contributed by atoms with Gasteiger partial charge in [-0.3, -0.25) is 0 Å². The zero-order valence-corrected chi connectivity index (χ0v) is 15.0. The molecule has 0 amide bonds. The molecular weight excluding hydrogens is 312 g/mol. The van der Waals surface area contributed by atoms with Crippen molar-refractivity contribution in [3.05, 3.63) is 60.2 Å². The van der Waals surface area contributed by atoms with Crippen LogP contribution in [0.15, 0.2) is 54.6 Å². The number of rotatable bonds is 7. The highest BCUT2D eigenvalue weighted by Crippen LogP contribution is 2.13. The van der Waals surface area contributed by atoms with Crippen molar-refractivity contribution in [2.45, 2.75) is 19.4 Å². The third-order valence-electron chi connectivity index (χ3n) is 4.89. The molecule has 2 aromatic rings. The first-order chi connectivity index (χ1) is 12.2. The van der Waals surface area contributed by atoms with Crippen LogP contribution < -0.4 is 14.5 Å². The molecule has 2 N–H and O–H groups in total. The molecule has 0 radical (unpaired) electrons. The predicted octanol–water partition coefficient (Wildman–Crippen LogP) is 1.39. The number of hydrogen-bond acceptors (Lipinski definition) is 3. The molecule has 0 unspecified atom stereocenters. The van der Waals surface area contributed by atoms with Gasteiger partial charge in [0.25, 0.3) is 0 Å². The molecule has 1 aliphatic rings. The Morgan fingerprint density at radius 1 is 1.04 bits per heavy atom. The first kappa shape index (κ1) is 17.8. The van der Waals surface area contributed by atoms with E-state index in [-0.39, 0.29) is 0 Å². The van der Waals surface area contributed by atoms with Gasteiger partial charge in [-0.25, -0.2) is 0 Å². The second-order valence-corrected chi connectivity index (χ2v) is 6.74. The summed E-state index contributed by atoms with van der Waals surface area (Å²) in [5.74, 6) is 0.833. The Hall–Kier alpha value is -2.04. The van der Waals surface area contributed by atoms with E-state index in [2.05, 4.69) is 54.3 Å². The number of piperazine rings is 1. The summed E-state index contributed by atoms with van der Waals surface area (Å²) in [5, 5.41) is 10.3. The summed E-state index contributed by atoms with van der Waals surface area (Å²) in [7, 11) is 0. The lowest BCUT2D eigenvalue weighted by molar-refractivity contribution is -0.903. The first-order valence-corrected chi connectivity index (χ1v) is 9.28. The largest absolute Gasteiger partial charge is 0.491 e. The molecule has 0 spiro atoms. The van der Waals surface area contributed by atoms with E-state index in [0.717, 1.165) is 44.9 Å². The maximum absolute atomic E-state index is 10.3. The van der Waals surface area contributed by atoms with Crippen molar-refractivity contribution >= 4 is 5.69 Å². The summed E-state index contributed by atoms with van der Waals surface area (Å²) < 4.78 is 5.73. The molecule has 1 atom stereocenters. The number of aliphatic hydroxyl groups excluding tert-OH is 1. The summed E-state index contributed by atoms with van der Waals surface area (Å²) in [5.41, 5.74) is 2.59. The molecule has 0 bridgehead atoms. The first-order valence-electron chi connectivity index (χ1n) is 9.28. The van der Waals surface area contributed by atoms with Gasteiger partial charge < -0.3 is 19.6 Å². The molecule has 1 aliphatic heterocycles. The third kappa shape index (κ3) is 5.21. The Balaban J connectivity index is 1.39. The van der Waals surface area contributed by atoms with Crippen molar-refractivity contribution in [3.63, 3.8) is 0 Å². The highest BCUT2D eigenvalue weighted by atomic mass is 16.5. The average molecular weight is 341 g/mol. The molecule has 0 aliphatic carbocycles. The Bertz CT molecular complexity index is 622. The van der Waals surface area contributed by atoms with Gasteiger partial charge in [-0.2, -0.15) is 0 Å². The van der Waals surface area contributed by atoms with Crippen molar-refractivity contribution < 1.29 is 14.7 Å². The van der Waals surface area contributed by atoms with Crippen molar-refractivity contribution in [2.24, 2.45) is 0 Å². The number of anilines is 1. The minimum atomic E-state index is -0.427. The summed E-state index contributed by atoms with van der Waals surface area (Å²) in [6.45, 7) is 7.41. The summed E-state index contributed by atoms with van der Waals surface area (Å²) in [6, 6.07) is 18.7. The van der Waals surface area contributed by atoms with Crippen molar-refractivity contribution in [3.8, 4) is 5.75 Å². The molecule has 3 rings (SSSR count). The molecule has 4 nitrogen and oxygen atoms in total. The van der Waals surface area contributed by atoms with E-state index in [0.29, 0.717) is 6.61 Å². The summed E-state index contributed by atoms with van der Waals surface area (Å²) >= 11 is 0. The maximum atomic E-state index is 10.3. The highest BCUT2D eigenvalue weighted by Gasteiger charge is 2.22. The molecule has 134 valence electrons. The van der Waals surface area contributed by atoms with E-state index >= 15 is 0 Å². The Labute approximate surface area is 150 Å². The number of hydrogen-bond donors (Lipinski definition) is 2. The van der Waals surface area contributed by atoms with Crippen molar-refractivity contribution in [1.29, 1.82) is 0 Å². The second-order valence-electron chi connectivity index (χ2n) is 6.74. The van der Waals surface area contributed by atoms with E-state index in [1.165, 1.54) is 16.2 Å². The third-order valence-corrected chi connectivity index (χ3v) is 4.89. The van der Waals surface area contributed by atoms with Crippen molar-refractivity contribution in [2.75, 3.05) is 44.2 Å². The number of quaternary nitrogens is 1. The SMILES string of the molecule is CCc1ccc(OC[C@H](O)C[NH+]2CCN(c3ccccc3)CC2)cc1. The predicted molar refractivity (Wildman–Crippen MR) is 102 cm³/mol. The van der Waals surface area contributed by atoms with E-state index in [1.54, 1.807) is 0 Å². The van der Waals surface area contributed by atoms with Crippen LogP contribution in [0.4, 0.5) is 5.69 Å². The lowest BCUT2D eigenvalue weighted by Crippen LogP contribution is -3.16. The zero-order chi connectivity index (χ0) is 17.5. The quantitative estimate of drug-likeness (QED) is 0.799. The Morgan fingerprint density at radius 3 is 2.36 bits per heavy atom. The molecule has 2 aromatic carbocycles. The molecule has 1 fully saturated rings. The van der Waals surface area contributed by atoms with Crippen LogP contribution in [0, 0.1) is 0 Å². The second kappa shape index (κ2) is 8.88. The Kier molecular flexibility index (Phi) is 6.31. The molecule has 0 saturated carbocycles. The lowest BCUT2D eigenvalue weighted by atomic mass is 10.2. The normalized spacial score (nSPS) is 16.6. The summed E-state index contributed by atoms with van der Waals surface area (Å²) in [6.07, 6.45) is 0.602. The van der Waals surface area contributed by atoms with Crippen LogP contribution in [0.5, 0.6) is 5.75 Å². The van der Waals surface area contributed by atoms with Gasteiger partial charge in [0.2, 0.25) is 0 Å². The number of para-hydroxylation sites is 1. The molecular formula is C21H29N2O2+. The molecule has 4 heteroatoms. The van der Waals surface area contributed by atoms with Gasteiger partial charge in [0, 0.05) is 5.69 Å². The van der Waals surface area contributed by atoms with Gasteiger partial charge in [-0.15, -0.1) is 0 Å². The van der Waals surface area contributed by atoms with Crippen LogP contribution in [-0.4, -0.2) is 50.5 Å². The zero-order valence-electron chi connectivity index (χ0n) is 15.0. The van der Waals surface area contributed by atoms with Crippen molar-refractivity contribution in [1.82, 2.24) is 0 Å². The van der Waals surface area contributed by atoms with E-state index in [4.69, 9.17) is 4.74 Å². The minimum Gasteiger partial charge on any atom is -0.491 e. The standard InChI is InChI=1S/C21H28N2O2/c1-2-18-8-10-21(11-9-18)25-17-20(24)16-22-12-14-23(15-13-22)19-6-4-3-5-7-19/h3-11,20,24H,2,12-17H2,1H3/p+1/t20-/m1/s1. The fraction of sp³-hybridized carbons (Fsp3) is 0.429. The van der Waals surface area contributed by atoms with Crippen LogP contribution in [0.2, 0.25) is 0 Å². The molecule has 25 heavy (non-hydrogen) atoms. The fourth-order valence-electron chi connectivity index (χ4n) is 3.33. The lowest BCUT2D eigenvalue weighted by Gasteiger charge is -2.34.